The van der Waals surface area contributed by atoms with Crippen molar-refractivity contribution in [3.05, 3.63) is 30.2 Å². The van der Waals surface area contributed by atoms with Crippen LogP contribution in [0.5, 0.6) is 17.4 Å². The molecule has 3 aromatic rings. The highest BCUT2D eigenvalue weighted by Crippen LogP contribution is 2.35. The van der Waals surface area contributed by atoms with Gasteiger partial charge in [-0.2, -0.15) is 4.98 Å². The number of pyridine rings is 1. The number of rotatable bonds is 12. The topological polar surface area (TPSA) is 103 Å². The second kappa shape index (κ2) is 12.7. The Kier molecular flexibility index (Phi) is 9.13. The molecule has 0 amide bonds. The van der Waals surface area contributed by atoms with Gasteiger partial charge >= 0.3 is 0 Å². The zero-order valence-corrected chi connectivity index (χ0v) is 21.8. The third kappa shape index (κ3) is 7.07. The van der Waals surface area contributed by atoms with Gasteiger partial charge in [-0.25, -0.2) is 14.4 Å². The van der Waals surface area contributed by atoms with Crippen LogP contribution in [0.2, 0.25) is 0 Å². The van der Waals surface area contributed by atoms with Crippen molar-refractivity contribution >= 4 is 28.4 Å². The van der Waals surface area contributed by atoms with E-state index in [1.54, 1.807) is 26.4 Å². The third-order valence-corrected chi connectivity index (χ3v) is 6.23. The molecule has 200 valence electrons. The Balaban J connectivity index is 1.58. The van der Waals surface area contributed by atoms with E-state index >= 15 is 0 Å². The van der Waals surface area contributed by atoms with Gasteiger partial charge in [0.1, 0.15) is 12.4 Å². The molecule has 0 unspecified atom stereocenters. The Labute approximate surface area is 216 Å². The van der Waals surface area contributed by atoms with Crippen molar-refractivity contribution in [2.24, 2.45) is 5.92 Å². The highest BCUT2D eigenvalue weighted by atomic mass is 19.1. The van der Waals surface area contributed by atoms with E-state index in [4.69, 9.17) is 18.9 Å². The summed E-state index contributed by atoms with van der Waals surface area (Å²) in [5.74, 6) is 2.07. The Morgan fingerprint density at radius 2 is 1.84 bits per heavy atom. The van der Waals surface area contributed by atoms with Crippen molar-refractivity contribution < 1.29 is 23.3 Å². The van der Waals surface area contributed by atoms with Gasteiger partial charge in [0.25, 0.3) is 5.88 Å². The van der Waals surface area contributed by atoms with Crippen LogP contribution in [0.25, 0.3) is 10.9 Å². The van der Waals surface area contributed by atoms with Gasteiger partial charge in [0, 0.05) is 43.8 Å². The number of aromatic nitrogens is 3. The Hall–Kier alpha value is -3.44. The molecule has 1 fully saturated rings. The lowest BCUT2D eigenvalue weighted by molar-refractivity contribution is 0.0649. The van der Waals surface area contributed by atoms with Gasteiger partial charge < -0.3 is 34.5 Å². The fourth-order valence-electron chi connectivity index (χ4n) is 4.11. The average molecular weight is 515 g/mol. The van der Waals surface area contributed by atoms with Crippen molar-refractivity contribution in [1.82, 2.24) is 19.9 Å². The summed E-state index contributed by atoms with van der Waals surface area (Å²) < 4.78 is 36.6. The molecule has 1 aliphatic heterocycles. The van der Waals surface area contributed by atoms with Gasteiger partial charge in [-0.3, -0.25) is 0 Å². The highest BCUT2D eigenvalue weighted by molar-refractivity contribution is 5.94. The van der Waals surface area contributed by atoms with Crippen LogP contribution < -0.4 is 24.8 Å². The lowest BCUT2D eigenvalue weighted by atomic mass is 9.97. The van der Waals surface area contributed by atoms with Crippen LogP contribution in [0.3, 0.4) is 0 Å². The molecule has 0 aliphatic carbocycles. The number of methoxy groups -OCH3 is 2. The summed E-state index contributed by atoms with van der Waals surface area (Å²) in [5, 5.41) is 7.22. The summed E-state index contributed by atoms with van der Waals surface area (Å²) in [6.45, 7) is 3.36. The second-order valence-electron chi connectivity index (χ2n) is 9.18. The monoisotopic (exact) mass is 514 g/mol. The van der Waals surface area contributed by atoms with E-state index in [-0.39, 0.29) is 5.88 Å². The van der Waals surface area contributed by atoms with Gasteiger partial charge in [0.2, 0.25) is 5.95 Å². The fraction of sp³-hybridized carbons (Fsp3) is 0.500. The maximum absolute atomic E-state index is 14.7. The summed E-state index contributed by atoms with van der Waals surface area (Å²) in [6.07, 6.45) is 4.65. The Morgan fingerprint density at radius 1 is 1.08 bits per heavy atom. The molecule has 0 radical (unpaired) electrons. The van der Waals surface area contributed by atoms with Crippen molar-refractivity contribution in [1.29, 1.82) is 0 Å². The SMILES string of the molecule is COc1cc2nc(NCCC3CCOCC3)nc(Nc3cnc(OCCN(C)C)c(F)c3)c2cc1OC. The summed E-state index contributed by atoms with van der Waals surface area (Å²) in [5.41, 5.74) is 1.08. The van der Waals surface area contributed by atoms with E-state index in [0.717, 1.165) is 39.0 Å². The van der Waals surface area contributed by atoms with Crippen LogP contribution in [0.1, 0.15) is 19.3 Å². The first kappa shape index (κ1) is 26.6. The number of hydrogen-bond acceptors (Lipinski definition) is 10. The van der Waals surface area contributed by atoms with E-state index in [1.807, 2.05) is 19.0 Å². The summed E-state index contributed by atoms with van der Waals surface area (Å²) >= 11 is 0. The largest absolute Gasteiger partial charge is 0.493 e. The molecule has 2 N–H and O–H groups in total. The summed E-state index contributed by atoms with van der Waals surface area (Å²) in [6, 6.07) is 4.93. The Morgan fingerprint density at radius 3 is 2.54 bits per heavy atom. The van der Waals surface area contributed by atoms with Crippen molar-refractivity contribution in [2.45, 2.75) is 19.3 Å². The minimum absolute atomic E-state index is 0.0400. The lowest BCUT2D eigenvalue weighted by Gasteiger charge is -2.22. The number of benzene rings is 1. The van der Waals surface area contributed by atoms with Crippen LogP contribution in [-0.4, -0.2) is 81.1 Å². The molecule has 11 heteroatoms. The zero-order chi connectivity index (χ0) is 26.2. The molecule has 0 spiro atoms. The van der Waals surface area contributed by atoms with E-state index in [2.05, 4.69) is 25.6 Å². The number of halogens is 1. The second-order valence-corrected chi connectivity index (χ2v) is 9.18. The van der Waals surface area contributed by atoms with Gasteiger partial charge in [-0.15, -0.1) is 0 Å². The standard InChI is InChI=1S/C26H35FN6O4/c1-33(2)9-12-37-25-20(27)13-18(16-29-25)30-24-19-14-22(34-3)23(35-4)15-21(19)31-26(32-24)28-8-5-17-6-10-36-11-7-17/h13-17H,5-12H2,1-4H3,(H2,28,30,31,32). The van der Waals surface area contributed by atoms with E-state index in [0.29, 0.717) is 58.9 Å². The first-order chi connectivity index (χ1) is 18.0. The lowest BCUT2D eigenvalue weighted by Crippen LogP contribution is -2.20. The third-order valence-electron chi connectivity index (χ3n) is 6.23. The number of anilines is 3. The number of nitrogens with zero attached hydrogens (tertiary/aromatic N) is 4. The molecule has 2 aromatic heterocycles. The Bertz CT molecular complexity index is 1190. The minimum atomic E-state index is -0.559. The first-order valence-electron chi connectivity index (χ1n) is 12.4. The predicted octanol–water partition coefficient (Wildman–Crippen LogP) is 4.09. The van der Waals surface area contributed by atoms with Crippen molar-refractivity contribution in [3.8, 4) is 17.4 Å². The molecule has 1 aromatic carbocycles. The minimum Gasteiger partial charge on any atom is -0.493 e. The molecule has 37 heavy (non-hydrogen) atoms. The molecule has 1 saturated heterocycles. The molecular weight excluding hydrogens is 479 g/mol. The van der Waals surface area contributed by atoms with Crippen molar-refractivity contribution in [2.75, 3.05) is 71.9 Å². The van der Waals surface area contributed by atoms with Gasteiger partial charge in [-0.05, 0) is 45.3 Å². The number of ether oxygens (including phenoxy) is 4. The number of nitrogens with one attached hydrogen (secondary N) is 2. The van der Waals surface area contributed by atoms with Gasteiger partial charge in [0.05, 0.1) is 31.6 Å². The molecule has 3 heterocycles. The van der Waals surface area contributed by atoms with Crippen LogP contribution in [0, 0.1) is 11.7 Å². The van der Waals surface area contributed by atoms with Gasteiger partial charge in [0.15, 0.2) is 17.3 Å². The van der Waals surface area contributed by atoms with Crippen LogP contribution in [0.15, 0.2) is 24.4 Å². The molecular formula is C26H35FN6O4. The van der Waals surface area contributed by atoms with Crippen molar-refractivity contribution in [3.63, 3.8) is 0 Å². The predicted molar refractivity (Wildman–Crippen MR) is 141 cm³/mol. The van der Waals surface area contributed by atoms with Gasteiger partial charge in [-0.1, -0.05) is 0 Å². The van der Waals surface area contributed by atoms with E-state index in [1.165, 1.54) is 12.3 Å². The average Bonchev–Trinajstić information content (AvgIpc) is 2.89. The zero-order valence-electron chi connectivity index (χ0n) is 21.8. The molecule has 0 atom stereocenters. The first-order valence-corrected chi connectivity index (χ1v) is 12.4. The number of hydrogen-bond donors (Lipinski definition) is 2. The molecule has 0 saturated carbocycles. The smallest absolute Gasteiger partial charge is 0.250 e. The quantitative estimate of drug-likeness (QED) is 0.367. The highest BCUT2D eigenvalue weighted by Gasteiger charge is 2.17. The molecule has 10 nitrogen and oxygen atoms in total. The maximum atomic E-state index is 14.7. The van der Waals surface area contributed by atoms with Crippen LogP contribution in [0.4, 0.5) is 21.8 Å². The molecule has 4 rings (SSSR count). The molecule has 1 aliphatic rings. The maximum Gasteiger partial charge on any atom is 0.250 e. The number of likely N-dealkylation sites (N-methyl/N-ethyl adjacent to an activating group) is 1. The van der Waals surface area contributed by atoms with E-state index in [9.17, 15) is 4.39 Å². The van der Waals surface area contributed by atoms with Crippen LogP contribution >= 0.6 is 0 Å². The normalized spacial score (nSPS) is 14.1. The molecule has 0 bridgehead atoms. The fourth-order valence-corrected chi connectivity index (χ4v) is 4.11. The summed E-state index contributed by atoms with van der Waals surface area (Å²) in [4.78, 5) is 15.5. The number of fused-ring (bicyclic) bond motifs is 1. The van der Waals surface area contributed by atoms with E-state index < -0.39 is 5.82 Å². The van der Waals surface area contributed by atoms with Crippen LogP contribution in [-0.2, 0) is 4.74 Å². The summed E-state index contributed by atoms with van der Waals surface area (Å²) in [7, 11) is 6.99.